The van der Waals surface area contributed by atoms with E-state index < -0.39 is 17.6 Å². The van der Waals surface area contributed by atoms with Crippen LogP contribution in [0.25, 0.3) is 0 Å². The Morgan fingerprint density at radius 3 is 2.44 bits per heavy atom. The van der Waals surface area contributed by atoms with E-state index in [2.05, 4.69) is 5.10 Å². The molecule has 0 saturated carbocycles. The fraction of sp³-hybridized carbons (Fsp3) is 0.167. The number of aromatic nitrogens is 2. The topological polar surface area (TPSA) is 55.1 Å². The van der Waals surface area contributed by atoms with Crippen molar-refractivity contribution in [1.82, 2.24) is 9.78 Å². The minimum absolute atomic E-state index is 0.222. The number of carboxylic acid groups (broad SMARTS) is 1. The Kier molecular flexibility index (Phi) is 2.86. The molecule has 0 aliphatic rings. The first-order valence-electron chi connectivity index (χ1n) is 5.14. The molecule has 1 aromatic heterocycles. The standard InChI is InChI=1S/C12H10F2N2O2/c1-16-9(11(17)18)7-10(15-16)12(13,14)8-5-3-2-4-6-8/h2-7H,1H3,(H,17,18). The molecular weight excluding hydrogens is 242 g/mol. The molecule has 4 nitrogen and oxygen atoms in total. The van der Waals surface area contributed by atoms with Crippen LogP contribution in [0.2, 0.25) is 0 Å². The molecule has 0 amide bonds. The molecule has 0 saturated heterocycles. The van der Waals surface area contributed by atoms with Crippen molar-refractivity contribution >= 4 is 5.97 Å². The van der Waals surface area contributed by atoms with Crippen LogP contribution in [0, 0.1) is 0 Å². The number of carbonyl (C=O) groups is 1. The fourth-order valence-corrected chi connectivity index (χ4v) is 1.62. The predicted octanol–water partition coefficient (Wildman–Crippen LogP) is 2.26. The van der Waals surface area contributed by atoms with Gasteiger partial charge < -0.3 is 5.11 Å². The summed E-state index contributed by atoms with van der Waals surface area (Å²) in [5.74, 6) is -4.60. The molecule has 0 fully saturated rings. The third-order valence-corrected chi connectivity index (χ3v) is 2.56. The van der Waals surface area contributed by atoms with E-state index >= 15 is 0 Å². The van der Waals surface area contributed by atoms with Gasteiger partial charge in [0.05, 0.1) is 0 Å². The lowest BCUT2D eigenvalue weighted by molar-refractivity contribution is 0.0374. The number of hydrogen-bond acceptors (Lipinski definition) is 2. The van der Waals surface area contributed by atoms with Crippen molar-refractivity contribution < 1.29 is 18.7 Å². The van der Waals surface area contributed by atoms with Crippen LogP contribution in [0.4, 0.5) is 8.78 Å². The molecule has 1 aromatic carbocycles. The summed E-state index contributed by atoms with van der Waals surface area (Å²) in [6, 6.07) is 8.04. The molecule has 0 unspecified atom stereocenters. The third-order valence-electron chi connectivity index (χ3n) is 2.56. The number of hydrogen-bond donors (Lipinski definition) is 1. The van der Waals surface area contributed by atoms with Crippen LogP contribution in [-0.2, 0) is 13.0 Å². The summed E-state index contributed by atoms with van der Waals surface area (Å²) in [6.07, 6.45) is 0. The van der Waals surface area contributed by atoms with Crippen LogP contribution >= 0.6 is 0 Å². The molecule has 0 aliphatic carbocycles. The number of benzene rings is 1. The Hall–Kier alpha value is -2.24. The summed E-state index contributed by atoms with van der Waals surface area (Å²) in [4.78, 5) is 10.8. The van der Waals surface area contributed by atoms with Gasteiger partial charge in [-0.25, -0.2) is 4.79 Å². The number of nitrogens with zero attached hydrogens (tertiary/aromatic N) is 2. The molecule has 0 bridgehead atoms. The summed E-state index contributed by atoms with van der Waals surface area (Å²) in [5.41, 5.74) is -1.07. The molecule has 2 aromatic rings. The van der Waals surface area contributed by atoms with Crippen LogP contribution in [0.5, 0.6) is 0 Å². The summed E-state index contributed by atoms with van der Waals surface area (Å²) >= 11 is 0. The Bertz CT molecular complexity index is 579. The normalized spacial score (nSPS) is 11.5. The first kappa shape index (κ1) is 12.2. The Morgan fingerprint density at radius 2 is 1.94 bits per heavy atom. The lowest BCUT2D eigenvalue weighted by Gasteiger charge is -2.13. The molecule has 6 heteroatoms. The van der Waals surface area contributed by atoms with Gasteiger partial charge in [-0.15, -0.1) is 0 Å². The van der Waals surface area contributed by atoms with Gasteiger partial charge in [-0.2, -0.15) is 13.9 Å². The van der Waals surface area contributed by atoms with E-state index in [0.29, 0.717) is 0 Å². The van der Waals surface area contributed by atoms with Crippen LogP contribution < -0.4 is 0 Å². The third kappa shape index (κ3) is 1.97. The van der Waals surface area contributed by atoms with E-state index in [4.69, 9.17) is 5.11 Å². The lowest BCUT2D eigenvalue weighted by Crippen LogP contribution is -2.16. The minimum Gasteiger partial charge on any atom is -0.477 e. The average molecular weight is 252 g/mol. The first-order chi connectivity index (χ1) is 8.43. The summed E-state index contributed by atoms with van der Waals surface area (Å²) in [6.45, 7) is 0. The monoisotopic (exact) mass is 252 g/mol. The van der Waals surface area contributed by atoms with Gasteiger partial charge in [0.25, 0.3) is 0 Å². The quantitative estimate of drug-likeness (QED) is 0.911. The van der Waals surface area contributed by atoms with E-state index in [1.165, 1.54) is 31.3 Å². The largest absolute Gasteiger partial charge is 0.477 e. The van der Waals surface area contributed by atoms with Crippen LogP contribution in [0.15, 0.2) is 36.4 Å². The molecule has 1 heterocycles. The molecule has 94 valence electrons. The predicted molar refractivity (Wildman–Crippen MR) is 59.6 cm³/mol. The molecule has 0 spiro atoms. The highest BCUT2D eigenvalue weighted by atomic mass is 19.3. The molecule has 2 rings (SSSR count). The van der Waals surface area contributed by atoms with Gasteiger partial charge in [-0.1, -0.05) is 30.3 Å². The van der Waals surface area contributed by atoms with Gasteiger partial charge in [-0.3, -0.25) is 4.68 Å². The maximum absolute atomic E-state index is 14.1. The van der Waals surface area contributed by atoms with Gasteiger partial charge in [0.15, 0.2) is 0 Å². The fourth-order valence-electron chi connectivity index (χ4n) is 1.62. The van der Waals surface area contributed by atoms with E-state index in [1.807, 2.05) is 0 Å². The number of carboxylic acids is 1. The van der Waals surface area contributed by atoms with Crippen molar-refractivity contribution in [2.24, 2.45) is 7.05 Å². The Balaban J connectivity index is 2.48. The van der Waals surface area contributed by atoms with Gasteiger partial charge in [-0.05, 0) is 0 Å². The zero-order chi connectivity index (χ0) is 13.3. The highest BCUT2D eigenvalue weighted by molar-refractivity contribution is 5.85. The molecule has 0 aliphatic heterocycles. The second kappa shape index (κ2) is 4.21. The second-order valence-corrected chi connectivity index (χ2v) is 3.78. The average Bonchev–Trinajstić information content (AvgIpc) is 2.73. The summed E-state index contributed by atoms with van der Waals surface area (Å²) in [5, 5.41) is 12.4. The Morgan fingerprint density at radius 1 is 1.33 bits per heavy atom. The molecular formula is C12H10F2N2O2. The number of halogens is 2. The van der Waals surface area contributed by atoms with Crippen molar-refractivity contribution in [3.8, 4) is 0 Å². The van der Waals surface area contributed by atoms with Crippen LogP contribution in [0.3, 0.4) is 0 Å². The van der Waals surface area contributed by atoms with E-state index in [0.717, 1.165) is 10.7 Å². The number of alkyl halides is 2. The van der Waals surface area contributed by atoms with E-state index in [1.54, 1.807) is 6.07 Å². The van der Waals surface area contributed by atoms with Gasteiger partial charge in [0.1, 0.15) is 11.4 Å². The molecule has 18 heavy (non-hydrogen) atoms. The number of aromatic carboxylic acids is 1. The maximum Gasteiger partial charge on any atom is 0.354 e. The zero-order valence-electron chi connectivity index (χ0n) is 9.47. The van der Waals surface area contributed by atoms with Gasteiger partial charge >= 0.3 is 11.9 Å². The smallest absolute Gasteiger partial charge is 0.354 e. The summed E-state index contributed by atoms with van der Waals surface area (Å²) < 4.78 is 29.1. The molecule has 1 N–H and O–H groups in total. The van der Waals surface area contributed by atoms with Crippen molar-refractivity contribution in [3.63, 3.8) is 0 Å². The van der Waals surface area contributed by atoms with E-state index in [-0.39, 0.29) is 11.3 Å². The lowest BCUT2D eigenvalue weighted by atomic mass is 10.1. The van der Waals surface area contributed by atoms with Crippen LogP contribution in [0.1, 0.15) is 21.7 Å². The van der Waals surface area contributed by atoms with Crippen molar-refractivity contribution in [3.05, 3.63) is 53.3 Å². The molecule has 0 atom stereocenters. The minimum atomic E-state index is -3.31. The maximum atomic E-state index is 14.1. The van der Waals surface area contributed by atoms with Gasteiger partial charge in [0, 0.05) is 18.7 Å². The van der Waals surface area contributed by atoms with Crippen molar-refractivity contribution in [2.75, 3.05) is 0 Å². The highest BCUT2D eigenvalue weighted by Gasteiger charge is 2.37. The second-order valence-electron chi connectivity index (χ2n) is 3.78. The summed E-state index contributed by atoms with van der Waals surface area (Å²) in [7, 11) is 1.31. The SMILES string of the molecule is Cn1nc(C(F)(F)c2ccccc2)cc1C(=O)O. The van der Waals surface area contributed by atoms with E-state index in [9.17, 15) is 13.6 Å². The molecule has 0 radical (unpaired) electrons. The number of rotatable bonds is 3. The first-order valence-corrected chi connectivity index (χ1v) is 5.14. The van der Waals surface area contributed by atoms with Gasteiger partial charge in [0.2, 0.25) is 0 Å². The number of aryl methyl sites for hydroxylation is 1. The highest BCUT2D eigenvalue weighted by Crippen LogP contribution is 2.34. The zero-order valence-corrected chi connectivity index (χ0v) is 9.47. The van der Waals surface area contributed by atoms with Crippen molar-refractivity contribution in [2.45, 2.75) is 5.92 Å². The Labute approximate surface area is 101 Å². The van der Waals surface area contributed by atoms with Crippen LogP contribution in [-0.4, -0.2) is 20.9 Å². The van der Waals surface area contributed by atoms with Crippen molar-refractivity contribution in [1.29, 1.82) is 0 Å².